The van der Waals surface area contributed by atoms with Gasteiger partial charge in [-0.15, -0.1) is 0 Å². The number of aliphatic hydroxyl groups is 1. The quantitative estimate of drug-likeness (QED) is 0.822. The van der Waals surface area contributed by atoms with Crippen molar-refractivity contribution >= 4 is 15.9 Å². The Balaban J connectivity index is 2.74. The number of alkyl halides is 1. The van der Waals surface area contributed by atoms with E-state index >= 15 is 0 Å². The highest BCUT2D eigenvalue weighted by Crippen LogP contribution is 2.19. The SMILES string of the molecule is COc1ccccc1C[C@@H](O)CBr. The molecule has 0 fully saturated rings. The normalized spacial score (nSPS) is 12.5. The van der Waals surface area contributed by atoms with Crippen molar-refractivity contribution in [2.24, 2.45) is 0 Å². The lowest BCUT2D eigenvalue weighted by molar-refractivity contribution is 0.200. The molecule has 0 aliphatic rings. The molecule has 1 atom stereocenters. The van der Waals surface area contributed by atoms with Crippen molar-refractivity contribution in [1.29, 1.82) is 0 Å². The summed E-state index contributed by atoms with van der Waals surface area (Å²) in [4.78, 5) is 0. The van der Waals surface area contributed by atoms with Crippen LogP contribution in [-0.2, 0) is 6.42 Å². The molecule has 0 aliphatic heterocycles. The molecule has 0 bridgehead atoms. The standard InChI is InChI=1S/C10H13BrO2/c1-13-10-5-3-2-4-8(10)6-9(12)7-11/h2-5,9,12H,6-7H2,1H3/t9-/m1/s1. The van der Waals surface area contributed by atoms with Gasteiger partial charge in [0.05, 0.1) is 13.2 Å². The minimum absolute atomic E-state index is 0.351. The van der Waals surface area contributed by atoms with E-state index in [0.717, 1.165) is 11.3 Å². The molecule has 0 saturated carbocycles. The van der Waals surface area contributed by atoms with Crippen LogP contribution < -0.4 is 4.74 Å². The van der Waals surface area contributed by atoms with Crippen LogP contribution in [0.2, 0.25) is 0 Å². The van der Waals surface area contributed by atoms with E-state index in [2.05, 4.69) is 15.9 Å². The Morgan fingerprint density at radius 2 is 2.15 bits per heavy atom. The molecule has 1 rings (SSSR count). The molecule has 3 heteroatoms. The van der Waals surface area contributed by atoms with Crippen molar-refractivity contribution in [3.8, 4) is 5.75 Å². The zero-order valence-electron chi connectivity index (χ0n) is 7.53. The number of benzene rings is 1. The summed E-state index contributed by atoms with van der Waals surface area (Å²) >= 11 is 3.23. The van der Waals surface area contributed by atoms with Crippen molar-refractivity contribution in [3.05, 3.63) is 29.8 Å². The maximum Gasteiger partial charge on any atom is 0.122 e. The molecular formula is C10H13BrO2. The van der Waals surface area contributed by atoms with Crippen LogP contribution in [0.25, 0.3) is 0 Å². The number of para-hydroxylation sites is 1. The van der Waals surface area contributed by atoms with Crippen LogP contribution in [0.1, 0.15) is 5.56 Å². The Morgan fingerprint density at radius 3 is 2.77 bits per heavy atom. The lowest BCUT2D eigenvalue weighted by Gasteiger charge is -2.10. The van der Waals surface area contributed by atoms with Crippen molar-refractivity contribution in [2.45, 2.75) is 12.5 Å². The molecule has 0 spiro atoms. The molecule has 0 aliphatic carbocycles. The number of aliphatic hydroxyl groups excluding tert-OH is 1. The molecule has 0 heterocycles. The topological polar surface area (TPSA) is 29.5 Å². The van der Waals surface area contributed by atoms with Gasteiger partial charge in [-0.25, -0.2) is 0 Å². The Bertz CT molecular complexity index is 263. The van der Waals surface area contributed by atoms with E-state index in [1.54, 1.807) is 7.11 Å². The first-order valence-electron chi connectivity index (χ1n) is 4.14. The fourth-order valence-electron chi connectivity index (χ4n) is 1.18. The van der Waals surface area contributed by atoms with Gasteiger partial charge >= 0.3 is 0 Å². The molecule has 0 amide bonds. The third-order valence-corrected chi connectivity index (χ3v) is 2.57. The maximum absolute atomic E-state index is 9.43. The summed E-state index contributed by atoms with van der Waals surface area (Å²) in [6.07, 6.45) is 0.270. The smallest absolute Gasteiger partial charge is 0.122 e. The van der Waals surface area contributed by atoms with Crippen LogP contribution in [-0.4, -0.2) is 23.7 Å². The van der Waals surface area contributed by atoms with Gasteiger partial charge in [0.1, 0.15) is 5.75 Å². The monoisotopic (exact) mass is 244 g/mol. The van der Waals surface area contributed by atoms with Gasteiger partial charge in [-0.3, -0.25) is 0 Å². The highest BCUT2D eigenvalue weighted by atomic mass is 79.9. The first kappa shape index (κ1) is 10.5. The van der Waals surface area contributed by atoms with Gasteiger partial charge in [0.2, 0.25) is 0 Å². The zero-order chi connectivity index (χ0) is 9.68. The fourth-order valence-corrected chi connectivity index (χ4v) is 1.41. The molecule has 1 N–H and O–H groups in total. The number of rotatable bonds is 4. The number of methoxy groups -OCH3 is 1. The van der Waals surface area contributed by atoms with Gasteiger partial charge in [0.15, 0.2) is 0 Å². The van der Waals surface area contributed by atoms with E-state index in [0.29, 0.717) is 11.8 Å². The number of ether oxygens (including phenoxy) is 1. The van der Waals surface area contributed by atoms with Gasteiger partial charge in [-0.2, -0.15) is 0 Å². The second-order valence-corrected chi connectivity index (χ2v) is 3.47. The second kappa shape index (κ2) is 5.25. The summed E-state index contributed by atoms with van der Waals surface area (Å²) in [5.74, 6) is 0.836. The number of hydrogen-bond acceptors (Lipinski definition) is 2. The van der Waals surface area contributed by atoms with Crippen molar-refractivity contribution in [2.75, 3.05) is 12.4 Å². The Kier molecular flexibility index (Phi) is 4.25. The van der Waals surface area contributed by atoms with Crippen molar-refractivity contribution in [1.82, 2.24) is 0 Å². The summed E-state index contributed by atoms with van der Waals surface area (Å²) in [5, 5.41) is 10.0. The van der Waals surface area contributed by atoms with E-state index in [1.165, 1.54) is 0 Å². The maximum atomic E-state index is 9.43. The summed E-state index contributed by atoms with van der Waals surface area (Å²) in [6.45, 7) is 0. The van der Waals surface area contributed by atoms with Crippen LogP contribution >= 0.6 is 15.9 Å². The average molecular weight is 245 g/mol. The van der Waals surface area contributed by atoms with Gasteiger partial charge in [0.25, 0.3) is 0 Å². The van der Waals surface area contributed by atoms with E-state index in [1.807, 2.05) is 24.3 Å². The van der Waals surface area contributed by atoms with Crippen LogP contribution in [0.4, 0.5) is 0 Å². The predicted molar refractivity (Wildman–Crippen MR) is 56.5 cm³/mol. The van der Waals surface area contributed by atoms with Crippen molar-refractivity contribution in [3.63, 3.8) is 0 Å². The van der Waals surface area contributed by atoms with Crippen LogP contribution in [0.15, 0.2) is 24.3 Å². The second-order valence-electron chi connectivity index (χ2n) is 2.82. The molecule has 72 valence electrons. The van der Waals surface area contributed by atoms with E-state index in [4.69, 9.17) is 4.74 Å². The third kappa shape index (κ3) is 3.01. The summed E-state index contributed by atoms with van der Waals surface area (Å²) in [5.41, 5.74) is 1.04. The lowest BCUT2D eigenvalue weighted by Crippen LogP contribution is -2.12. The number of hydrogen-bond donors (Lipinski definition) is 1. The average Bonchev–Trinajstić information content (AvgIpc) is 2.18. The van der Waals surface area contributed by atoms with Crippen LogP contribution in [0, 0.1) is 0 Å². The summed E-state index contributed by atoms with van der Waals surface area (Å²) in [7, 11) is 1.64. The largest absolute Gasteiger partial charge is 0.496 e. The molecule has 13 heavy (non-hydrogen) atoms. The molecule has 0 saturated heterocycles. The minimum atomic E-state index is -0.351. The molecular weight excluding hydrogens is 232 g/mol. The van der Waals surface area contributed by atoms with Gasteiger partial charge < -0.3 is 9.84 Å². The summed E-state index contributed by atoms with van der Waals surface area (Å²) < 4.78 is 5.16. The Morgan fingerprint density at radius 1 is 1.46 bits per heavy atom. The molecule has 2 nitrogen and oxygen atoms in total. The van der Waals surface area contributed by atoms with Gasteiger partial charge in [-0.1, -0.05) is 34.1 Å². The van der Waals surface area contributed by atoms with Crippen molar-refractivity contribution < 1.29 is 9.84 Å². The molecule has 0 unspecified atom stereocenters. The highest BCUT2D eigenvalue weighted by Gasteiger charge is 2.07. The molecule has 1 aromatic carbocycles. The first-order chi connectivity index (χ1) is 6.27. The van der Waals surface area contributed by atoms with Crippen LogP contribution in [0.5, 0.6) is 5.75 Å². The summed E-state index contributed by atoms with van der Waals surface area (Å²) in [6, 6.07) is 7.72. The van der Waals surface area contributed by atoms with E-state index in [-0.39, 0.29) is 6.10 Å². The lowest BCUT2D eigenvalue weighted by atomic mass is 10.1. The molecule has 0 aromatic heterocycles. The fraction of sp³-hybridized carbons (Fsp3) is 0.400. The zero-order valence-corrected chi connectivity index (χ0v) is 9.12. The number of halogens is 1. The highest BCUT2D eigenvalue weighted by molar-refractivity contribution is 9.09. The molecule has 0 radical (unpaired) electrons. The first-order valence-corrected chi connectivity index (χ1v) is 5.26. The molecule has 1 aromatic rings. The van der Waals surface area contributed by atoms with Gasteiger partial charge in [0, 0.05) is 11.8 Å². The Labute approximate surface area is 86.7 Å². The van der Waals surface area contributed by atoms with Gasteiger partial charge in [-0.05, 0) is 11.6 Å². The predicted octanol–water partition coefficient (Wildman–Crippen LogP) is 1.99. The van der Waals surface area contributed by atoms with E-state index in [9.17, 15) is 5.11 Å². The van der Waals surface area contributed by atoms with E-state index < -0.39 is 0 Å². The third-order valence-electron chi connectivity index (χ3n) is 1.83. The van der Waals surface area contributed by atoms with Crippen LogP contribution in [0.3, 0.4) is 0 Å². The Hall–Kier alpha value is -0.540. The minimum Gasteiger partial charge on any atom is -0.496 e.